The highest BCUT2D eigenvalue weighted by Gasteiger charge is 2.34. The molecule has 1 atom stereocenters. The van der Waals surface area contributed by atoms with Gasteiger partial charge in [0.1, 0.15) is 17.4 Å². The summed E-state index contributed by atoms with van der Waals surface area (Å²) in [6, 6.07) is 22.4. The second-order valence-electron chi connectivity index (χ2n) is 9.15. The zero-order chi connectivity index (χ0) is 24.9. The molecule has 4 aromatic rings. The van der Waals surface area contributed by atoms with E-state index in [2.05, 4.69) is 23.3 Å². The number of fused-ring (bicyclic) bond motifs is 1. The number of anilines is 1. The summed E-state index contributed by atoms with van der Waals surface area (Å²) in [5.41, 5.74) is 3.74. The third-order valence-electron chi connectivity index (χ3n) is 6.66. The van der Waals surface area contributed by atoms with Crippen LogP contribution in [0.3, 0.4) is 0 Å². The normalized spacial score (nSPS) is 15.5. The molecule has 0 N–H and O–H groups in total. The molecule has 1 aliphatic heterocycles. The van der Waals surface area contributed by atoms with Crippen LogP contribution in [0.4, 0.5) is 10.1 Å². The van der Waals surface area contributed by atoms with Crippen LogP contribution >= 0.6 is 0 Å². The number of carbonyl (C=O) groups excluding carboxylic acids is 1. The molecule has 5 rings (SSSR count). The molecule has 1 amide bonds. The van der Waals surface area contributed by atoms with Crippen molar-refractivity contribution in [2.24, 2.45) is 0 Å². The highest BCUT2D eigenvalue weighted by molar-refractivity contribution is 5.96. The third kappa shape index (κ3) is 5.03. The minimum Gasteiger partial charge on any atom is -0.493 e. The Morgan fingerprint density at radius 2 is 1.89 bits per heavy atom. The van der Waals surface area contributed by atoms with Crippen molar-refractivity contribution in [3.8, 4) is 5.75 Å². The Morgan fingerprint density at radius 1 is 1.06 bits per heavy atom. The van der Waals surface area contributed by atoms with Crippen molar-refractivity contribution in [3.05, 3.63) is 103 Å². The number of ether oxygens (including phenoxy) is 1. The molecule has 0 spiro atoms. The van der Waals surface area contributed by atoms with Crippen LogP contribution in [0, 0.1) is 5.82 Å². The molecule has 0 aliphatic carbocycles. The van der Waals surface area contributed by atoms with Crippen LogP contribution in [0.5, 0.6) is 5.75 Å². The number of halogens is 1. The van der Waals surface area contributed by atoms with Crippen LogP contribution in [0.2, 0.25) is 0 Å². The maximum atomic E-state index is 13.8. The second-order valence-corrected chi connectivity index (χ2v) is 9.15. The first-order valence-corrected chi connectivity index (χ1v) is 12.5. The molecule has 1 saturated heterocycles. The number of imidazole rings is 1. The Morgan fingerprint density at radius 3 is 2.75 bits per heavy atom. The lowest BCUT2D eigenvalue weighted by atomic mass is 10.1. The third-order valence-corrected chi connectivity index (χ3v) is 6.66. The molecule has 1 aromatic heterocycles. The number of nitrogens with zero attached hydrogens (tertiary/aromatic N) is 3. The van der Waals surface area contributed by atoms with Crippen LogP contribution < -0.4 is 9.64 Å². The first-order valence-electron chi connectivity index (χ1n) is 12.5. The monoisotopic (exact) mass is 483 g/mol. The number of hydrogen-bond donors (Lipinski definition) is 0. The highest BCUT2D eigenvalue weighted by atomic mass is 19.1. The van der Waals surface area contributed by atoms with Crippen LogP contribution in [-0.4, -0.2) is 28.6 Å². The molecule has 0 saturated carbocycles. The number of benzene rings is 3. The van der Waals surface area contributed by atoms with E-state index in [1.54, 1.807) is 17.0 Å². The van der Waals surface area contributed by atoms with Crippen molar-refractivity contribution in [1.82, 2.24) is 9.55 Å². The van der Waals surface area contributed by atoms with Gasteiger partial charge in [-0.25, -0.2) is 9.37 Å². The highest BCUT2D eigenvalue weighted by Crippen LogP contribution is 2.33. The number of amides is 1. The zero-order valence-electron chi connectivity index (χ0n) is 20.3. The molecule has 1 aliphatic rings. The number of rotatable bonds is 10. The Labute approximate surface area is 210 Å². The molecule has 3 aromatic carbocycles. The number of para-hydroxylation sites is 3. The van der Waals surface area contributed by atoms with Crippen LogP contribution in [0.15, 0.2) is 85.5 Å². The first-order chi connectivity index (χ1) is 17.6. The van der Waals surface area contributed by atoms with Crippen LogP contribution in [0.25, 0.3) is 11.0 Å². The molecule has 0 radical (unpaired) electrons. The molecule has 1 fully saturated rings. The fourth-order valence-electron chi connectivity index (χ4n) is 4.94. The van der Waals surface area contributed by atoms with Crippen molar-refractivity contribution in [2.75, 3.05) is 18.1 Å². The Kier molecular flexibility index (Phi) is 7.12. The molecule has 1 unspecified atom stereocenters. The van der Waals surface area contributed by atoms with E-state index >= 15 is 0 Å². The topological polar surface area (TPSA) is 47.4 Å². The van der Waals surface area contributed by atoms with Gasteiger partial charge in [0.05, 0.1) is 17.6 Å². The summed E-state index contributed by atoms with van der Waals surface area (Å²) in [5.74, 6) is 1.44. The zero-order valence-corrected chi connectivity index (χ0v) is 20.3. The number of hydrogen-bond acceptors (Lipinski definition) is 3. The van der Waals surface area contributed by atoms with E-state index in [1.807, 2.05) is 42.5 Å². The summed E-state index contributed by atoms with van der Waals surface area (Å²) in [7, 11) is 0. The lowest BCUT2D eigenvalue weighted by Crippen LogP contribution is -2.24. The summed E-state index contributed by atoms with van der Waals surface area (Å²) < 4.78 is 22.1. The van der Waals surface area contributed by atoms with Crippen LogP contribution in [-0.2, 0) is 17.8 Å². The van der Waals surface area contributed by atoms with Gasteiger partial charge in [0, 0.05) is 31.1 Å². The van der Waals surface area contributed by atoms with Crippen molar-refractivity contribution in [1.29, 1.82) is 0 Å². The lowest BCUT2D eigenvalue weighted by Gasteiger charge is -2.17. The minimum absolute atomic E-state index is 0.00389. The maximum Gasteiger partial charge on any atom is 0.227 e. The summed E-state index contributed by atoms with van der Waals surface area (Å²) in [4.78, 5) is 19.4. The smallest absolute Gasteiger partial charge is 0.227 e. The van der Waals surface area contributed by atoms with E-state index in [1.165, 1.54) is 12.1 Å². The maximum absolute atomic E-state index is 13.8. The summed E-state index contributed by atoms with van der Waals surface area (Å²) in [5, 5.41) is 0. The molecule has 184 valence electrons. The first kappa shape index (κ1) is 23.8. The van der Waals surface area contributed by atoms with Gasteiger partial charge in [-0.3, -0.25) is 4.79 Å². The number of carbonyl (C=O) groups is 1. The summed E-state index contributed by atoms with van der Waals surface area (Å²) in [6.07, 6.45) is 4.85. The standard InChI is InChI=1S/C30H30FN3O2/c1-2-10-22-11-3-6-16-28(22)36-18-8-7-17-33-27-15-5-4-14-26(27)32-30(33)23-19-29(35)34(21-23)25-13-9-12-24(31)20-25/h2-6,9,11-16,20,23H,1,7-8,10,17-19,21H2. The van der Waals surface area contributed by atoms with Gasteiger partial charge in [-0.1, -0.05) is 42.5 Å². The van der Waals surface area contributed by atoms with Gasteiger partial charge in [-0.15, -0.1) is 6.58 Å². The van der Waals surface area contributed by atoms with E-state index in [4.69, 9.17) is 9.72 Å². The molecule has 5 nitrogen and oxygen atoms in total. The van der Waals surface area contributed by atoms with Gasteiger partial charge in [0.15, 0.2) is 0 Å². The van der Waals surface area contributed by atoms with Crippen molar-refractivity contribution in [3.63, 3.8) is 0 Å². The predicted molar refractivity (Wildman–Crippen MR) is 141 cm³/mol. The second kappa shape index (κ2) is 10.8. The average Bonchev–Trinajstić information content (AvgIpc) is 3.45. The Hall–Kier alpha value is -3.93. The van der Waals surface area contributed by atoms with Gasteiger partial charge in [0.2, 0.25) is 5.91 Å². The van der Waals surface area contributed by atoms with Gasteiger partial charge in [-0.2, -0.15) is 0 Å². The van der Waals surface area contributed by atoms with E-state index in [9.17, 15) is 9.18 Å². The van der Waals surface area contributed by atoms with E-state index in [-0.39, 0.29) is 17.6 Å². The minimum atomic E-state index is -0.342. The van der Waals surface area contributed by atoms with Crippen molar-refractivity contribution < 1.29 is 13.9 Å². The number of aromatic nitrogens is 2. The fourth-order valence-corrected chi connectivity index (χ4v) is 4.94. The van der Waals surface area contributed by atoms with E-state index < -0.39 is 0 Å². The van der Waals surface area contributed by atoms with E-state index in [0.717, 1.165) is 54.0 Å². The summed E-state index contributed by atoms with van der Waals surface area (Å²) >= 11 is 0. The Bertz CT molecular complexity index is 1380. The molecular weight excluding hydrogens is 453 g/mol. The number of aryl methyl sites for hydroxylation is 1. The molecule has 2 heterocycles. The summed E-state index contributed by atoms with van der Waals surface area (Å²) in [6.45, 7) is 5.74. The van der Waals surface area contributed by atoms with Gasteiger partial charge in [0.25, 0.3) is 0 Å². The van der Waals surface area contributed by atoms with Gasteiger partial charge in [-0.05, 0) is 61.2 Å². The average molecular weight is 484 g/mol. The molecule has 36 heavy (non-hydrogen) atoms. The number of allylic oxidation sites excluding steroid dienone is 1. The van der Waals surface area contributed by atoms with Crippen LogP contribution in [0.1, 0.15) is 36.6 Å². The van der Waals surface area contributed by atoms with Gasteiger partial charge >= 0.3 is 0 Å². The van der Waals surface area contributed by atoms with Crippen molar-refractivity contribution >= 4 is 22.6 Å². The molecule has 0 bridgehead atoms. The fraction of sp³-hybridized carbons (Fsp3) is 0.267. The van der Waals surface area contributed by atoms with E-state index in [0.29, 0.717) is 25.3 Å². The predicted octanol–water partition coefficient (Wildman–Crippen LogP) is 6.28. The largest absolute Gasteiger partial charge is 0.493 e. The lowest BCUT2D eigenvalue weighted by molar-refractivity contribution is -0.117. The quantitative estimate of drug-likeness (QED) is 0.197. The molecule has 6 heteroatoms. The SMILES string of the molecule is C=CCc1ccccc1OCCCCn1c(C2CC(=O)N(c3cccc(F)c3)C2)nc2ccccc21. The van der Waals surface area contributed by atoms with Gasteiger partial charge < -0.3 is 14.2 Å². The molecular formula is C30H30FN3O2. The Balaban J connectivity index is 1.28. The van der Waals surface area contributed by atoms with Crippen molar-refractivity contribution in [2.45, 2.75) is 38.1 Å². The number of unbranched alkanes of at least 4 members (excludes halogenated alkanes) is 1.